The molecule has 51 heavy (non-hydrogen) atoms. The Balaban J connectivity index is 1.55. The minimum atomic E-state index is -1.15. The Bertz CT molecular complexity index is 1360. The summed E-state index contributed by atoms with van der Waals surface area (Å²) < 4.78 is 5.92. The number of ketones is 1. The molecule has 4 fully saturated rings. The van der Waals surface area contributed by atoms with E-state index in [1.54, 1.807) is 11.9 Å². The Labute approximate surface area is 301 Å². The predicted molar refractivity (Wildman–Crippen MR) is 188 cm³/mol. The van der Waals surface area contributed by atoms with Crippen LogP contribution in [0.25, 0.3) is 0 Å². The molecule has 0 unspecified atom stereocenters. The van der Waals surface area contributed by atoms with Crippen LogP contribution in [-0.4, -0.2) is 133 Å². The first kappa shape index (κ1) is 39.9. The van der Waals surface area contributed by atoms with Crippen molar-refractivity contribution < 1.29 is 38.3 Å². The highest BCUT2D eigenvalue weighted by atomic mass is 16.5. The monoisotopic (exact) mass is 715 g/mol. The fraction of sp³-hybridized carbons (Fsp3) is 0.750. The lowest BCUT2D eigenvalue weighted by Crippen LogP contribution is -2.62. The fourth-order valence-corrected chi connectivity index (χ4v) is 7.52. The third kappa shape index (κ3) is 9.73. The van der Waals surface area contributed by atoms with Crippen molar-refractivity contribution in [1.82, 2.24) is 36.0 Å². The summed E-state index contributed by atoms with van der Waals surface area (Å²) in [6.07, 6.45) is 5.58. The van der Waals surface area contributed by atoms with Crippen molar-refractivity contribution in [1.29, 1.82) is 0 Å². The molecular weight excluding hydrogens is 658 g/mol. The summed E-state index contributed by atoms with van der Waals surface area (Å²) in [5.74, 6) is -3.41. The number of piperazine rings is 1. The van der Waals surface area contributed by atoms with Crippen molar-refractivity contribution in [3.05, 3.63) is 12.7 Å². The van der Waals surface area contributed by atoms with Crippen molar-refractivity contribution in [3.8, 4) is 0 Å². The number of carbonyl (C=O) groups excluding carboxylic acids is 7. The van der Waals surface area contributed by atoms with Gasteiger partial charge in [-0.25, -0.2) is 4.79 Å². The van der Waals surface area contributed by atoms with Crippen molar-refractivity contribution in [2.45, 2.75) is 97.3 Å². The number of hydrogen-bond acceptors (Lipinski definition) is 9. The summed E-state index contributed by atoms with van der Waals surface area (Å²) in [5.41, 5.74) is -0.793. The maximum atomic E-state index is 14.3. The number of nitrogens with zero attached hydrogens (tertiary/aromatic N) is 3. The smallest absolute Gasteiger partial charge is 0.315 e. The maximum Gasteiger partial charge on any atom is 0.315 e. The topological polar surface area (TPSA) is 187 Å². The lowest BCUT2D eigenvalue weighted by molar-refractivity contribution is -0.151. The second kappa shape index (κ2) is 16.7. The third-order valence-electron chi connectivity index (χ3n) is 10.8. The molecule has 0 spiro atoms. The summed E-state index contributed by atoms with van der Waals surface area (Å²) >= 11 is 0. The number of Topliss-reactive ketones (excluding diaryl/α,β-unsaturated/α-hetero) is 1. The average Bonchev–Trinajstić information content (AvgIpc) is 3.35. The van der Waals surface area contributed by atoms with Crippen LogP contribution in [0, 0.1) is 22.7 Å². The zero-order valence-electron chi connectivity index (χ0n) is 31.0. The molecule has 4 N–H and O–H groups in total. The Morgan fingerprint density at radius 1 is 1.04 bits per heavy atom. The molecule has 15 nitrogen and oxygen atoms in total. The Kier molecular flexibility index (Phi) is 13.0. The molecule has 0 aromatic carbocycles. The Hall–Kier alpha value is -3.85. The van der Waals surface area contributed by atoms with Gasteiger partial charge in [0.15, 0.2) is 0 Å². The first-order valence-corrected chi connectivity index (χ1v) is 18.2. The molecule has 0 radical (unpaired) electrons. The second-order valence-corrected chi connectivity index (χ2v) is 16.1. The molecule has 0 aromatic rings. The van der Waals surface area contributed by atoms with Crippen LogP contribution < -0.4 is 21.3 Å². The van der Waals surface area contributed by atoms with Gasteiger partial charge in [0.05, 0.1) is 31.8 Å². The van der Waals surface area contributed by atoms with E-state index in [-0.39, 0.29) is 74.8 Å². The van der Waals surface area contributed by atoms with Gasteiger partial charge in [-0.15, -0.1) is 6.58 Å². The number of carbonyl (C=O) groups is 7. The van der Waals surface area contributed by atoms with E-state index in [0.717, 1.165) is 25.7 Å². The van der Waals surface area contributed by atoms with Gasteiger partial charge in [0.25, 0.3) is 5.91 Å². The van der Waals surface area contributed by atoms with Crippen LogP contribution in [0.2, 0.25) is 0 Å². The SMILES string of the molecule is C=CCNC(=O)C(=O)[C@H]1CCCCCCCOC[C@@H](NC(=O)N[C@H](CN2C(=O)CN(C)CC2=O)C(C)(C)C)C(=O)N2C[C@H]3[C@@H]([C@H]2C(=O)N1)C3(C)C. The van der Waals surface area contributed by atoms with E-state index in [2.05, 4.69) is 27.8 Å². The fourth-order valence-electron chi connectivity index (χ4n) is 7.52. The lowest BCUT2D eigenvalue weighted by atomic mass is 9.86. The summed E-state index contributed by atoms with van der Waals surface area (Å²) in [4.78, 5) is 97.6. The molecule has 284 valence electrons. The summed E-state index contributed by atoms with van der Waals surface area (Å²) in [6.45, 7) is 14.1. The summed E-state index contributed by atoms with van der Waals surface area (Å²) in [7, 11) is 1.69. The largest absolute Gasteiger partial charge is 0.379 e. The van der Waals surface area contributed by atoms with Gasteiger partial charge in [-0.05, 0) is 42.6 Å². The molecular formula is C36H57N7O8. The molecule has 0 aromatic heterocycles. The average molecular weight is 716 g/mol. The van der Waals surface area contributed by atoms with Gasteiger partial charge in [-0.3, -0.25) is 38.6 Å². The quantitative estimate of drug-likeness (QED) is 0.159. The van der Waals surface area contributed by atoms with Crippen molar-refractivity contribution in [2.24, 2.45) is 22.7 Å². The number of rotatable bonds is 8. The molecule has 4 aliphatic rings. The van der Waals surface area contributed by atoms with Crippen molar-refractivity contribution >= 4 is 41.4 Å². The number of hydrogen-bond donors (Lipinski definition) is 4. The highest BCUT2D eigenvalue weighted by Gasteiger charge is 2.69. The van der Waals surface area contributed by atoms with E-state index >= 15 is 0 Å². The van der Waals surface area contributed by atoms with Crippen LogP contribution >= 0.6 is 0 Å². The zero-order chi connectivity index (χ0) is 37.7. The van der Waals surface area contributed by atoms with E-state index in [1.165, 1.54) is 15.9 Å². The third-order valence-corrected chi connectivity index (χ3v) is 10.8. The molecule has 1 aliphatic carbocycles. The minimum absolute atomic E-state index is 0.0312. The highest BCUT2D eigenvalue weighted by molar-refractivity contribution is 6.38. The number of piperidine rings is 1. The molecule has 6 atom stereocenters. The normalized spacial score (nSPS) is 28.5. The van der Waals surface area contributed by atoms with E-state index in [1.807, 2.05) is 34.6 Å². The second-order valence-electron chi connectivity index (χ2n) is 16.1. The molecule has 4 rings (SSSR count). The minimum Gasteiger partial charge on any atom is -0.379 e. The van der Waals surface area contributed by atoms with Crippen LogP contribution in [0.5, 0.6) is 0 Å². The lowest BCUT2D eigenvalue weighted by Gasteiger charge is -2.38. The zero-order valence-corrected chi connectivity index (χ0v) is 31.0. The first-order valence-electron chi connectivity index (χ1n) is 18.2. The van der Waals surface area contributed by atoms with Gasteiger partial charge in [0.1, 0.15) is 12.1 Å². The number of likely N-dealkylation sites (N-methyl/N-ethyl adjacent to an activating group) is 1. The van der Waals surface area contributed by atoms with Crippen LogP contribution in [0.3, 0.4) is 0 Å². The number of ether oxygens (including phenoxy) is 1. The van der Waals surface area contributed by atoms with Gasteiger partial charge >= 0.3 is 6.03 Å². The van der Waals surface area contributed by atoms with Crippen LogP contribution in [0.15, 0.2) is 12.7 Å². The Morgan fingerprint density at radius 3 is 2.33 bits per heavy atom. The highest BCUT2D eigenvalue weighted by Crippen LogP contribution is 2.64. The predicted octanol–water partition coefficient (Wildman–Crippen LogP) is 0.579. The summed E-state index contributed by atoms with van der Waals surface area (Å²) in [6, 6.07) is -4.44. The van der Waals surface area contributed by atoms with Crippen LogP contribution in [0.1, 0.15) is 73.1 Å². The van der Waals surface area contributed by atoms with Gasteiger partial charge < -0.3 is 30.9 Å². The van der Waals surface area contributed by atoms with E-state index < -0.39 is 59.1 Å². The molecule has 7 amide bonds. The van der Waals surface area contributed by atoms with E-state index in [9.17, 15) is 33.6 Å². The van der Waals surface area contributed by atoms with Crippen LogP contribution in [-0.2, 0) is 33.5 Å². The van der Waals surface area contributed by atoms with E-state index in [0.29, 0.717) is 13.0 Å². The summed E-state index contributed by atoms with van der Waals surface area (Å²) in [5, 5.41) is 11.0. The van der Waals surface area contributed by atoms with Gasteiger partial charge in [0, 0.05) is 26.2 Å². The molecule has 3 saturated heterocycles. The van der Waals surface area contributed by atoms with Crippen molar-refractivity contribution in [2.75, 3.05) is 53.0 Å². The molecule has 15 heteroatoms. The van der Waals surface area contributed by atoms with Gasteiger partial charge in [-0.2, -0.15) is 0 Å². The Morgan fingerprint density at radius 2 is 1.69 bits per heavy atom. The van der Waals surface area contributed by atoms with Crippen LogP contribution in [0.4, 0.5) is 4.79 Å². The van der Waals surface area contributed by atoms with Crippen molar-refractivity contribution in [3.63, 3.8) is 0 Å². The molecule has 0 bridgehead atoms. The number of amides is 7. The molecule has 3 heterocycles. The van der Waals surface area contributed by atoms with E-state index in [4.69, 9.17) is 4.74 Å². The van der Waals surface area contributed by atoms with Gasteiger partial charge in [-0.1, -0.05) is 66.4 Å². The standard InChI is InChI=1S/C36H57N7O8/c1-8-15-37-32(48)30(46)23-14-12-10-9-11-13-16-51-21-24(33(49)43-17-22-28(36(22,5)6)29(43)31(47)38-23)39-34(50)40-25(35(2,3)4)18-42-26(44)19-41(7)20-27(42)45/h8,22-25,28-29H,1,9-21H2,2-7H3,(H,37,48)(H,38,47)(H2,39,40,50)/t22-,23+,24+,25+,28-,29-/m0/s1. The molecule has 3 aliphatic heterocycles. The van der Waals surface area contributed by atoms with Gasteiger partial charge in [0.2, 0.25) is 29.4 Å². The molecule has 1 saturated carbocycles. The maximum absolute atomic E-state index is 14.3. The first-order chi connectivity index (χ1) is 24.0. The number of nitrogens with one attached hydrogen (secondary N) is 4. The number of urea groups is 1. The number of fused-ring (bicyclic) bond motifs is 3. The number of imide groups is 1.